The van der Waals surface area contributed by atoms with Gasteiger partial charge in [-0.15, -0.1) is 0 Å². The van der Waals surface area contributed by atoms with Crippen molar-refractivity contribution in [1.29, 1.82) is 5.26 Å². The van der Waals surface area contributed by atoms with Crippen molar-refractivity contribution in [1.82, 2.24) is 4.57 Å². The van der Waals surface area contributed by atoms with Gasteiger partial charge in [-0.25, -0.2) is 0 Å². The summed E-state index contributed by atoms with van der Waals surface area (Å²) < 4.78 is 41.1. The molecule has 0 bridgehead atoms. The zero-order valence-corrected chi connectivity index (χ0v) is 17.3. The van der Waals surface area contributed by atoms with Crippen molar-refractivity contribution in [3.05, 3.63) is 102 Å². The van der Waals surface area contributed by atoms with Crippen molar-refractivity contribution in [2.75, 3.05) is 5.32 Å². The van der Waals surface area contributed by atoms with E-state index >= 15 is 0 Å². The quantitative estimate of drug-likeness (QED) is 0.363. The third-order valence-electron chi connectivity index (χ3n) is 5.11. The van der Waals surface area contributed by atoms with Crippen LogP contribution in [0.2, 0.25) is 0 Å². The Labute approximate surface area is 188 Å². The van der Waals surface area contributed by atoms with Gasteiger partial charge in [0.15, 0.2) is 0 Å². The number of nitrogens with zero attached hydrogens (tertiary/aromatic N) is 2. The predicted molar refractivity (Wildman–Crippen MR) is 122 cm³/mol. The highest BCUT2D eigenvalue weighted by Gasteiger charge is 2.30. The Bertz CT molecular complexity index is 1380. The van der Waals surface area contributed by atoms with Crippen LogP contribution in [0.1, 0.15) is 16.7 Å². The van der Waals surface area contributed by atoms with E-state index in [1.54, 1.807) is 29.0 Å². The topological polar surface area (TPSA) is 57.8 Å². The molecule has 0 saturated heterocycles. The van der Waals surface area contributed by atoms with E-state index in [0.29, 0.717) is 11.3 Å². The van der Waals surface area contributed by atoms with Gasteiger partial charge in [0.1, 0.15) is 6.54 Å². The van der Waals surface area contributed by atoms with E-state index in [1.165, 1.54) is 12.1 Å². The Morgan fingerprint density at radius 3 is 2.45 bits per heavy atom. The van der Waals surface area contributed by atoms with Gasteiger partial charge >= 0.3 is 6.18 Å². The van der Waals surface area contributed by atoms with Crippen LogP contribution in [-0.4, -0.2) is 10.5 Å². The second kappa shape index (κ2) is 9.05. The summed E-state index contributed by atoms with van der Waals surface area (Å²) in [6.45, 7) is 0.0364. The summed E-state index contributed by atoms with van der Waals surface area (Å²) in [6, 6.07) is 23.1. The molecule has 0 radical (unpaired) electrons. The molecule has 33 heavy (non-hydrogen) atoms. The van der Waals surface area contributed by atoms with Crippen molar-refractivity contribution in [3.8, 4) is 6.07 Å². The monoisotopic (exact) mass is 445 g/mol. The number of fused-ring (bicyclic) bond motifs is 1. The molecule has 0 saturated carbocycles. The SMILES string of the molecule is N#C/C(=C\c1cn(CC(=O)Nc2ccccc2)c2ccccc12)c1cccc(C(F)(F)F)c1. The predicted octanol–water partition coefficient (Wildman–Crippen LogP) is 6.36. The first-order chi connectivity index (χ1) is 15.8. The second-order valence-corrected chi connectivity index (χ2v) is 7.39. The van der Waals surface area contributed by atoms with Gasteiger partial charge < -0.3 is 9.88 Å². The summed E-state index contributed by atoms with van der Waals surface area (Å²) in [4.78, 5) is 12.6. The van der Waals surface area contributed by atoms with Crippen molar-refractivity contribution in [2.24, 2.45) is 0 Å². The largest absolute Gasteiger partial charge is 0.416 e. The minimum Gasteiger partial charge on any atom is -0.337 e. The van der Waals surface area contributed by atoms with Gasteiger partial charge in [0.05, 0.1) is 17.2 Å². The van der Waals surface area contributed by atoms with Gasteiger partial charge in [-0.1, -0.05) is 48.5 Å². The first-order valence-corrected chi connectivity index (χ1v) is 10.1. The van der Waals surface area contributed by atoms with E-state index in [1.807, 2.05) is 48.5 Å². The van der Waals surface area contributed by atoms with Crippen LogP contribution in [0.25, 0.3) is 22.6 Å². The lowest BCUT2D eigenvalue weighted by molar-refractivity contribution is -0.137. The van der Waals surface area contributed by atoms with Crippen LogP contribution in [0.4, 0.5) is 18.9 Å². The summed E-state index contributed by atoms with van der Waals surface area (Å²) in [7, 11) is 0. The van der Waals surface area contributed by atoms with Gasteiger partial charge in [0.25, 0.3) is 0 Å². The number of para-hydroxylation sites is 2. The number of aromatic nitrogens is 1. The maximum atomic E-state index is 13.1. The molecule has 164 valence electrons. The smallest absolute Gasteiger partial charge is 0.337 e. The molecule has 4 aromatic rings. The normalized spacial score (nSPS) is 11.9. The van der Waals surface area contributed by atoms with Crippen LogP contribution in [0.5, 0.6) is 0 Å². The summed E-state index contributed by atoms with van der Waals surface area (Å²) >= 11 is 0. The number of alkyl halides is 3. The fourth-order valence-electron chi connectivity index (χ4n) is 3.60. The number of amides is 1. The molecular formula is C26H18F3N3O. The number of carbonyl (C=O) groups excluding carboxylic acids is 1. The molecule has 0 aliphatic carbocycles. The van der Waals surface area contributed by atoms with Crippen LogP contribution in [0.3, 0.4) is 0 Å². The Kier molecular flexibility index (Phi) is 6.01. The summed E-state index contributed by atoms with van der Waals surface area (Å²) in [5.74, 6) is -0.226. The Morgan fingerprint density at radius 1 is 1.00 bits per heavy atom. The number of nitrogens with one attached hydrogen (secondary N) is 1. The van der Waals surface area contributed by atoms with E-state index in [0.717, 1.165) is 23.0 Å². The molecule has 1 aromatic heterocycles. The third kappa shape index (κ3) is 4.96. The Hall–Kier alpha value is -4.31. The molecule has 1 amide bonds. The highest BCUT2D eigenvalue weighted by atomic mass is 19.4. The van der Waals surface area contributed by atoms with Crippen molar-refractivity contribution in [2.45, 2.75) is 12.7 Å². The lowest BCUT2D eigenvalue weighted by atomic mass is 10.0. The summed E-state index contributed by atoms with van der Waals surface area (Å²) in [5, 5.41) is 13.3. The number of halogens is 3. The molecule has 4 rings (SSSR count). The summed E-state index contributed by atoms with van der Waals surface area (Å²) in [6.07, 6.45) is -1.23. The number of hydrogen-bond donors (Lipinski definition) is 1. The fourth-order valence-corrected chi connectivity index (χ4v) is 3.60. The zero-order valence-electron chi connectivity index (χ0n) is 17.3. The lowest BCUT2D eigenvalue weighted by Gasteiger charge is -2.08. The molecule has 1 heterocycles. The van der Waals surface area contributed by atoms with Crippen LogP contribution in [0.15, 0.2) is 85.1 Å². The van der Waals surface area contributed by atoms with Gasteiger partial charge in [-0.3, -0.25) is 4.79 Å². The van der Waals surface area contributed by atoms with Gasteiger partial charge in [-0.2, -0.15) is 18.4 Å². The summed E-state index contributed by atoms with van der Waals surface area (Å²) in [5.41, 5.74) is 1.53. The zero-order chi connectivity index (χ0) is 23.4. The van der Waals surface area contributed by atoms with Crippen LogP contribution >= 0.6 is 0 Å². The van der Waals surface area contributed by atoms with E-state index in [2.05, 4.69) is 5.32 Å². The molecule has 0 atom stereocenters. The molecule has 4 nitrogen and oxygen atoms in total. The van der Waals surface area contributed by atoms with Crippen LogP contribution in [-0.2, 0) is 17.5 Å². The van der Waals surface area contributed by atoms with E-state index < -0.39 is 11.7 Å². The molecule has 0 spiro atoms. The second-order valence-electron chi connectivity index (χ2n) is 7.39. The first kappa shape index (κ1) is 21.9. The maximum Gasteiger partial charge on any atom is 0.416 e. The molecule has 1 N–H and O–H groups in total. The maximum absolute atomic E-state index is 13.1. The van der Waals surface area contributed by atoms with Crippen LogP contribution in [0, 0.1) is 11.3 Å². The third-order valence-corrected chi connectivity index (χ3v) is 5.11. The van der Waals surface area contributed by atoms with E-state index in [4.69, 9.17) is 0 Å². The molecule has 3 aromatic carbocycles. The van der Waals surface area contributed by atoms with E-state index in [9.17, 15) is 23.2 Å². The number of carbonyl (C=O) groups is 1. The van der Waals surface area contributed by atoms with E-state index in [-0.39, 0.29) is 23.6 Å². The number of allylic oxidation sites excluding steroid dienone is 1. The molecular weight excluding hydrogens is 427 g/mol. The van der Waals surface area contributed by atoms with Gasteiger partial charge in [-0.05, 0) is 42.0 Å². The number of benzene rings is 3. The Balaban J connectivity index is 1.69. The highest BCUT2D eigenvalue weighted by Crippen LogP contribution is 2.32. The van der Waals surface area contributed by atoms with Crippen molar-refractivity contribution in [3.63, 3.8) is 0 Å². The molecule has 0 fully saturated rings. The highest BCUT2D eigenvalue weighted by molar-refractivity contribution is 5.99. The molecule has 0 aliphatic heterocycles. The lowest BCUT2D eigenvalue weighted by Crippen LogP contribution is -2.18. The Morgan fingerprint density at radius 2 is 1.73 bits per heavy atom. The number of hydrogen-bond acceptors (Lipinski definition) is 2. The number of nitriles is 1. The standard InChI is InChI=1S/C26H18F3N3O/c27-26(28,29)21-8-6-7-18(14-21)19(15-30)13-20-16-32(24-12-5-4-11-23(20)24)17-25(33)31-22-9-2-1-3-10-22/h1-14,16H,17H2,(H,31,33)/b19-13+. The molecule has 7 heteroatoms. The average Bonchev–Trinajstić information content (AvgIpc) is 3.14. The van der Waals surface area contributed by atoms with Gasteiger partial charge in [0, 0.05) is 28.4 Å². The van der Waals surface area contributed by atoms with Crippen molar-refractivity contribution >= 4 is 34.1 Å². The van der Waals surface area contributed by atoms with Gasteiger partial charge in [0.2, 0.25) is 5.91 Å². The minimum absolute atomic E-state index is 0.0364. The average molecular weight is 445 g/mol. The number of anilines is 1. The van der Waals surface area contributed by atoms with Crippen molar-refractivity contribution < 1.29 is 18.0 Å². The van der Waals surface area contributed by atoms with Crippen LogP contribution < -0.4 is 5.32 Å². The minimum atomic E-state index is -4.50. The fraction of sp³-hybridized carbons (Fsp3) is 0.0769. The first-order valence-electron chi connectivity index (χ1n) is 10.1. The number of rotatable bonds is 5. The molecule has 0 unspecified atom stereocenters. The molecule has 0 aliphatic rings.